The van der Waals surface area contributed by atoms with Crippen LogP contribution in [-0.4, -0.2) is 37.6 Å². The summed E-state index contributed by atoms with van der Waals surface area (Å²) in [7, 11) is 0. The van der Waals surface area contributed by atoms with Crippen LogP contribution in [-0.2, 0) is 30.8 Å². The van der Waals surface area contributed by atoms with Gasteiger partial charge in [0.15, 0.2) is 6.10 Å². The Morgan fingerprint density at radius 3 is 1.02 bits per heavy atom. The van der Waals surface area contributed by atoms with E-state index in [1.54, 1.807) is 0 Å². The average Bonchev–Trinajstić information content (AvgIpc) is 3.05. The van der Waals surface area contributed by atoms with Gasteiger partial charge in [0.25, 0.3) is 0 Å². The molecule has 3 aromatic rings. The van der Waals surface area contributed by atoms with Gasteiger partial charge in [0, 0.05) is 0 Å². The summed E-state index contributed by atoms with van der Waals surface area (Å²) in [6, 6.07) is 23.1. The van der Waals surface area contributed by atoms with Crippen molar-refractivity contribution in [2.24, 2.45) is 0 Å². The molecule has 0 saturated carbocycles. The predicted octanol–water partition coefficient (Wildman–Crippen LogP) is 9.44. The molecule has 0 aliphatic rings. The lowest BCUT2D eigenvalue weighted by Gasteiger charge is -2.29. The lowest BCUT2D eigenvalue weighted by atomic mass is 9.93. The van der Waals surface area contributed by atoms with E-state index in [1.807, 2.05) is 135 Å². The third-order valence-electron chi connectivity index (χ3n) is 8.62. The molecule has 9 nitrogen and oxygen atoms in total. The van der Waals surface area contributed by atoms with Gasteiger partial charge >= 0.3 is 18.3 Å². The van der Waals surface area contributed by atoms with Crippen LogP contribution in [0.5, 0.6) is 0 Å². The lowest BCUT2D eigenvalue weighted by Crippen LogP contribution is -2.46. The van der Waals surface area contributed by atoms with Gasteiger partial charge in [-0.2, -0.15) is 0 Å². The van der Waals surface area contributed by atoms with E-state index in [2.05, 4.69) is 35.7 Å². The van der Waals surface area contributed by atoms with Gasteiger partial charge in [-0.1, -0.05) is 109 Å². The van der Waals surface area contributed by atoms with Crippen molar-refractivity contribution in [1.29, 1.82) is 0 Å². The fraction of sp³-hybridized carbons (Fsp3) is 0.357. The number of ether oxygens (including phenoxy) is 3. The molecule has 3 N–H and O–H groups in total. The molecule has 0 radical (unpaired) electrons. The van der Waals surface area contributed by atoms with Crippen LogP contribution in [0, 0.1) is 0 Å². The highest BCUT2D eigenvalue weighted by atomic mass is 16.6. The number of carbonyl (C=O) groups excluding carboxylic acids is 3. The maximum Gasteiger partial charge on any atom is 0.408 e. The maximum atomic E-state index is 13.2. The van der Waals surface area contributed by atoms with E-state index < -0.39 is 41.0 Å². The molecular formula is C42H53N3O6. The van der Waals surface area contributed by atoms with Gasteiger partial charge in [-0.05, 0) is 95.7 Å². The second-order valence-corrected chi connectivity index (χ2v) is 14.5. The van der Waals surface area contributed by atoms with Crippen LogP contribution in [0.2, 0.25) is 0 Å². The highest BCUT2D eigenvalue weighted by molar-refractivity contribution is 5.71. The van der Waals surface area contributed by atoms with E-state index in [4.69, 9.17) is 14.2 Å². The van der Waals surface area contributed by atoms with E-state index in [0.717, 1.165) is 50.1 Å². The zero-order valence-corrected chi connectivity index (χ0v) is 31.5. The van der Waals surface area contributed by atoms with Crippen molar-refractivity contribution in [2.75, 3.05) is 13.2 Å². The summed E-state index contributed by atoms with van der Waals surface area (Å²) < 4.78 is 16.7. The van der Waals surface area contributed by atoms with Crippen LogP contribution < -0.4 is 16.0 Å². The van der Waals surface area contributed by atoms with Gasteiger partial charge in [-0.3, -0.25) is 0 Å². The Bertz CT molecular complexity index is 1650. The van der Waals surface area contributed by atoms with Crippen LogP contribution in [0.15, 0.2) is 92.5 Å². The fourth-order valence-corrected chi connectivity index (χ4v) is 5.20. The Kier molecular flexibility index (Phi) is 13.1. The average molecular weight is 696 g/mol. The van der Waals surface area contributed by atoms with Crippen LogP contribution in [0.1, 0.15) is 95.7 Å². The number of nitrogens with one attached hydrogen (secondary N) is 3. The van der Waals surface area contributed by atoms with Crippen LogP contribution in [0.3, 0.4) is 0 Å². The zero-order chi connectivity index (χ0) is 38.1. The molecule has 3 amide bonds. The molecule has 0 unspecified atom stereocenters. The van der Waals surface area contributed by atoms with E-state index in [9.17, 15) is 14.4 Å². The summed E-state index contributed by atoms with van der Waals surface area (Å²) in [4.78, 5) is 39.2. The zero-order valence-electron chi connectivity index (χ0n) is 31.5. The Hall–Kier alpha value is -5.31. The molecule has 0 aromatic heterocycles. The molecule has 0 saturated heterocycles. The minimum Gasteiger partial charge on any atom is -0.445 e. The summed E-state index contributed by atoms with van der Waals surface area (Å²) in [6.07, 6.45) is -3.38. The molecule has 0 spiro atoms. The second kappa shape index (κ2) is 16.6. The first-order valence-electron chi connectivity index (χ1n) is 16.9. The number of hydrogen-bond acceptors (Lipinski definition) is 6. The third kappa shape index (κ3) is 11.6. The van der Waals surface area contributed by atoms with Crippen molar-refractivity contribution in [2.45, 2.75) is 85.0 Å². The predicted molar refractivity (Wildman–Crippen MR) is 205 cm³/mol. The van der Waals surface area contributed by atoms with Crippen molar-refractivity contribution < 1.29 is 28.6 Å². The van der Waals surface area contributed by atoms with Crippen molar-refractivity contribution >= 4 is 35.0 Å². The van der Waals surface area contributed by atoms with Gasteiger partial charge < -0.3 is 30.2 Å². The minimum absolute atomic E-state index is 0.378. The molecule has 3 rings (SSSR count). The summed E-state index contributed by atoms with van der Waals surface area (Å²) >= 11 is 0. The Morgan fingerprint density at radius 1 is 0.510 bits per heavy atom. The van der Waals surface area contributed by atoms with Crippen LogP contribution in [0.25, 0.3) is 16.7 Å². The molecule has 3 aromatic carbocycles. The molecule has 0 bridgehead atoms. The summed E-state index contributed by atoms with van der Waals surface area (Å²) in [5.74, 6) is 0. The van der Waals surface area contributed by atoms with Gasteiger partial charge in [-0.15, -0.1) is 0 Å². The highest BCUT2D eigenvalue weighted by Gasteiger charge is 2.29. The normalized spacial score (nSPS) is 11.6. The fourth-order valence-electron chi connectivity index (χ4n) is 5.20. The van der Waals surface area contributed by atoms with Crippen LogP contribution in [0.4, 0.5) is 14.4 Å². The minimum atomic E-state index is -1.13. The molecule has 9 heteroatoms. The van der Waals surface area contributed by atoms with Crippen molar-refractivity contribution in [3.63, 3.8) is 0 Å². The number of allylic oxidation sites excluding steroid dienone is 3. The first-order valence-corrected chi connectivity index (χ1v) is 16.9. The molecule has 272 valence electrons. The van der Waals surface area contributed by atoms with Gasteiger partial charge in [0.05, 0.1) is 16.6 Å². The number of alkyl carbamates (subject to hydrolysis) is 3. The number of carbonyl (C=O) groups is 3. The Labute approximate surface area is 303 Å². The molecule has 0 atom stereocenters. The van der Waals surface area contributed by atoms with Crippen molar-refractivity contribution in [3.05, 3.63) is 126 Å². The molecule has 51 heavy (non-hydrogen) atoms. The quantitative estimate of drug-likeness (QED) is 0.145. The molecule has 0 aliphatic carbocycles. The summed E-state index contributed by atoms with van der Waals surface area (Å²) in [5, 5.41) is 8.57. The Morgan fingerprint density at radius 2 is 0.765 bits per heavy atom. The van der Waals surface area contributed by atoms with Crippen molar-refractivity contribution in [3.8, 4) is 0 Å². The SMILES string of the molecule is C=C(C)c1ccc(C(C)(C)NC(=O)OCC(COC(=O)NC(C)(C)c2ccc(C(=C)C)cc2)OC(=O)NC(C)(C)c2ccc(C(=C)C)cc2)cc1. The smallest absolute Gasteiger partial charge is 0.408 e. The number of hydrogen-bond donors (Lipinski definition) is 3. The molecule has 0 aliphatic heterocycles. The topological polar surface area (TPSA) is 115 Å². The molecular weight excluding hydrogens is 642 g/mol. The number of rotatable bonds is 14. The summed E-state index contributed by atoms with van der Waals surface area (Å²) in [5.41, 5.74) is 5.93. The van der Waals surface area contributed by atoms with Crippen molar-refractivity contribution in [1.82, 2.24) is 16.0 Å². The molecule has 0 heterocycles. The number of amides is 3. The second-order valence-electron chi connectivity index (χ2n) is 14.5. The highest BCUT2D eigenvalue weighted by Crippen LogP contribution is 2.25. The molecule has 0 fully saturated rings. The maximum absolute atomic E-state index is 13.2. The number of benzene rings is 3. The van der Waals surface area contributed by atoms with E-state index in [0.29, 0.717) is 0 Å². The standard InChI is InChI=1S/C42H53N3O6/c1-27(2)30-13-19-33(20-14-30)40(7,8)43-37(46)49-25-36(51-39(48)45-42(11,12)35-23-17-32(18-24-35)29(5)6)26-50-38(47)44-41(9,10)34-21-15-31(16-22-34)28(3)4/h13-24,36H,1,3,5,25-26H2,2,4,6-12H3,(H,43,46)(H,44,47)(H,45,48). The largest absolute Gasteiger partial charge is 0.445 e. The van der Waals surface area contributed by atoms with Gasteiger partial charge in [0.2, 0.25) is 0 Å². The monoisotopic (exact) mass is 695 g/mol. The van der Waals surface area contributed by atoms with E-state index >= 15 is 0 Å². The first-order chi connectivity index (χ1) is 23.7. The van der Waals surface area contributed by atoms with Crippen LogP contribution >= 0.6 is 0 Å². The lowest BCUT2D eigenvalue weighted by molar-refractivity contribution is 0.00251. The Balaban J connectivity index is 1.70. The van der Waals surface area contributed by atoms with Gasteiger partial charge in [-0.25, -0.2) is 14.4 Å². The van der Waals surface area contributed by atoms with Gasteiger partial charge in [0.1, 0.15) is 13.2 Å². The van der Waals surface area contributed by atoms with E-state index in [1.165, 1.54) is 0 Å². The summed E-state index contributed by atoms with van der Waals surface area (Å²) in [6.45, 7) is 28.0. The third-order valence-corrected chi connectivity index (χ3v) is 8.62. The first kappa shape index (κ1) is 40.1. The van der Waals surface area contributed by atoms with E-state index in [-0.39, 0.29) is 13.2 Å².